The van der Waals surface area contributed by atoms with Crippen LogP contribution in [-0.4, -0.2) is 0 Å². The molecule has 290 valence electrons. The Hall–Kier alpha value is -8.20. The molecule has 0 fully saturated rings. The van der Waals surface area contributed by atoms with Crippen LogP contribution < -0.4 is 4.90 Å². The molecular weight excluding hydrogens is 751 g/mol. The molecule has 11 aromatic carbocycles. The highest BCUT2D eigenvalue weighted by atomic mass is 16.3. The normalized spacial score (nSPS) is 11.5. The van der Waals surface area contributed by atoms with Crippen molar-refractivity contribution >= 4 is 71.3 Å². The largest absolute Gasteiger partial charge is 0.456 e. The Morgan fingerprint density at radius 2 is 0.742 bits per heavy atom. The van der Waals surface area contributed by atoms with E-state index in [0.717, 1.165) is 66.8 Å². The lowest BCUT2D eigenvalue weighted by Crippen LogP contribution is -2.12. The van der Waals surface area contributed by atoms with E-state index in [0.29, 0.717) is 0 Å². The zero-order valence-corrected chi connectivity index (χ0v) is 33.9. The molecule has 1 heterocycles. The first-order chi connectivity index (χ1) is 30.7. The maximum Gasteiger partial charge on any atom is 0.136 e. The molecule has 0 radical (unpaired) electrons. The monoisotopic (exact) mass is 789 g/mol. The summed E-state index contributed by atoms with van der Waals surface area (Å²) in [7, 11) is 0. The standard InChI is InChI=1S/C60H39NO/c1-3-15-40(16-4-1)42-29-31-43(32-30-42)60-48(45-33-35-55-54-25-11-12-28-58(54)62-59(55)38-45)26-14-27-57(60)61(46-20-13-19-44(37-46)41-17-5-2-6-18-41)47-34-36-53-51-23-8-7-21-49(51)50-22-9-10-24-52(50)56(53)39-47/h1-39H. The van der Waals surface area contributed by atoms with Crippen LogP contribution >= 0.6 is 0 Å². The van der Waals surface area contributed by atoms with Gasteiger partial charge in [0, 0.05) is 27.7 Å². The van der Waals surface area contributed by atoms with Gasteiger partial charge in [0.1, 0.15) is 11.2 Å². The molecule has 0 amide bonds. The predicted molar refractivity (Wildman–Crippen MR) is 263 cm³/mol. The van der Waals surface area contributed by atoms with E-state index in [9.17, 15) is 0 Å². The van der Waals surface area contributed by atoms with Gasteiger partial charge in [0.2, 0.25) is 0 Å². The predicted octanol–water partition coefficient (Wildman–Crippen LogP) is 17.2. The quantitative estimate of drug-likeness (QED) is 0.150. The fraction of sp³-hybridized carbons (Fsp3) is 0. The van der Waals surface area contributed by atoms with Gasteiger partial charge in [-0.1, -0.05) is 188 Å². The van der Waals surface area contributed by atoms with Gasteiger partial charge in [-0.2, -0.15) is 0 Å². The van der Waals surface area contributed by atoms with Gasteiger partial charge in [0.05, 0.1) is 5.69 Å². The first kappa shape index (κ1) is 35.7. The second-order valence-corrected chi connectivity index (χ2v) is 16.0. The molecule has 0 aliphatic carbocycles. The first-order valence-corrected chi connectivity index (χ1v) is 21.2. The molecule has 0 N–H and O–H groups in total. The summed E-state index contributed by atoms with van der Waals surface area (Å²) in [6.07, 6.45) is 0. The molecule has 0 spiro atoms. The zero-order chi connectivity index (χ0) is 41.0. The summed E-state index contributed by atoms with van der Waals surface area (Å²) in [4.78, 5) is 2.46. The van der Waals surface area contributed by atoms with E-state index in [-0.39, 0.29) is 0 Å². The number of nitrogens with zero attached hydrogens (tertiary/aromatic N) is 1. The number of hydrogen-bond acceptors (Lipinski definition) is 2. The van der Waals surface area contributed by atoms with Gasteiger partial charge in [-0.3, -0.25) is 0 Å². The summed E-state index contributed by atoms with van der Waals surface area (Å²) >= 11 is 0. The summed E-state index contributed by atoms with van der Waals surface area (Å²) in [5, 5.41) is 9.73. The van der Waals surface area contributed by atoms with Crippen LogP contribution in [0.3, 0.4) is 0 Å². The second-order valence-electron chi connectivity index (χ2n) is 16.0. The SMILES string of the molecule is c1ccc(-c2ccc(-c3c(-c4ccc5c(c4)oc4ccccc45)cccc3N(c3cccc(-c4ccccc4)c3)c3ccc4c5ccccc5c5ccccc5c4c3)cc2)cc1. The third-order valence-corrected chi connectivity index (χ3v) is 12.5. The lowest BCUT2D eigenvalue weighted by atomic mass is 9.90. The van der Waals surface area contributed by atoms with Crippen LogP contribution in [0.5, 0.6) is 0 Å². The number of fused-ring (bicyclic) bond motifs is 9. The average molecular weight is 790 g/mol. The van der Waals surface area contributed by atoms with Crippen molar-refractivity contribution in [3.63, 3.8) is 0 Å². The van der Waals surface area contributed by atoms with Gasteiger partial charge in [0.15, 0.2) is 0 Å². The Labute approximate surface area is 360 Å². The van der Waals surface area contributed by atoms with Crippen LogP contribution in [0.1, 0.15) is 0 Å². The van der Waals surface area contributed by atoms with Gasteiger partial charge in [0.25, 0.3) is 0 Å². The van der Waals surface area contributed by atoms with Crippen LogP contribution in [0.2, 0.25) is 0 Å². The van der Waals surface area contributed by atoms with Crippen molar-refractivity contribution in [3.05, 3.63) is 237 Å². The molecule has 12 rings (SSSR count). The van der Waals surface area contributed by atoms with Gasteiger partial charge in [-0.25, -0.2) is 0 Å². The van der Waals surface area contributed by atoms with Gasteiger partial charge >= 0.3 is 0 Å². The fourth-order valence-electron chi connectivity index (χ4n) is 9.54. The van der Waals surface area contributed by atoms with Gasteiger partial charge in [-0.15, -0.1) is 0 Å². The van der Waals surface area contributed by atoms with E-state index >= 15 is 0 Å². The van der Waals surface area contributed by atoms with Crippen LogP contribution in [-0.2, 0) is 0 Å². The summed E-state index contributed by atoms with van der Waals surface area (Å²) in [5.74, 6) is 0. The Morgan fingerprint density at radius 1 is 0.258 bits per heavy atom. The number of hydrogen-bond donors (Lipinski definition) is 0. The van der Waals surface area contributed by atoms with Crippen molar-refractivity contribution in [2.45, 2.75) is 0 Å². The van der Waals surface area contributed by atoms with E-state index in [1.54, 1.807) is 0 Å². The summed E-state index contributed by atoms with van der Waals surface area (Å²) in [6.45, 7) is 0. The molecule has 62 heavy (non-hydrogen) atoms. The van der Waals surface area contributed by atoms with E-state index in [4.69, 9.17) is 4.42 Å². The van der Waals surface area contributed by atoms with Crippen molar-refractivity contribution in [2.75, 3.05) is 4.90 Å². The second kappa shape index (κ2) is 14.8. The summed E-state index contributed by atoms with van der Waals surface area (Å²) < 4.78 is 6.49. The molecule has 0 aliphatic heterocycles. The first-order valence-electron chi connectivity index (χ1n) is 21.2. The third-order valence-electron chi connectivity index (χ3n) is 12.5. The van der Waals surface area contributed by atoms with Crippen molar-refractivity contribution in [1.29, 1.82) is 0 Å². The van der Waals surface area contributed by atoms with Crippen molar-refractivity contribution in [1.82, 2.24) is 0 Å². The minimum Gasteiger partial charge on any atom is -0.456 e. The third kappa shape index (κ3) is 6.04. The number of benzene rings is 11. The Bertz CT molecular complexity index is 3590. The lowest BCUT2D eigenvalue weighted by Gasteiger charge is -2.30. The molecule has 12 aromatic rings. The van der Waals surface area contributed by atoms with E-state index in [1.165, 1.54) is 49.0 Å². The maximum atomic E-state index is 6.49. The van der Waals surface area contributed by atoms with Crippen molar-refractivity contribution in [2.24, 2.45) is 0 Å². The number of furan rings is 1. The fourth-order valence-corrected chi connectivity index (χ4v) is 9.54. The highest BCUT2D eigenvalue weighted by molar-refractivity contribution is 6.26. The van der Waals surface area contributed by atoms with E-state index < -0.39 is 0 Å². The topological polar surface area (TPSA) is 16.4 Å². The molecule has 0 bridgehead atoms. The van der Waals surface area contributed by atoms with Crippen LogP contribution in [0.25, 0.3) is 98.8 Å². The van der Waals surface area contributed by atoms with Crippen molar-refractivity contribution < 1.29 is 4.42 Å². The highest BCUT2D eigenvalue weighted by Crippen LogP contribution is 2.48. The lowest BCUT2D eigenvalue weighted by molar-refractivity contribution is 0.669. The molecule has 0 saturated heterocycles. The molecule has 2 nitrogen and oxygen atoms in total. The molecule has 0 unspecified atom stereocenters. The Morgan fingerprint density at radius 3 is 1.45 bits per heavy atom. The minimum absolute atomic E-state index is 0.875. The number of rotatable bonds is 7. The molecule has 0 aliphatic rings. The van der Waals surface area contributed by atoms with Gasteiger partial charge in [-0.05, 0) is 120 Å². The van der Waals surface area contributed by atoms with E-state index in [2.05, 4.69) is 229 Å². The highest BCUT2D eigenvalue weighted by Gasteiger charge is 2.23. The van der Waals surface area contributed by atoms with Crippen LogP contribution in [0, 0.1) is 0 Å². The molecule has 1 aromatic heterocycles. The molecule has 0 saturated carbocycles. The number of anilines is 3. The van der Waals surface area contributed by atoms with Gasteiger partial charge < -0.3 is 9.32 Å². The van der Waals surface area contributed by atoms with Crippen LogP contribution in [0.15, 0.2) is 241 Å². The minimum atomic E-state index is 0.875. The molecular formula is C60H39NO. The Kier molecular flexibility index (Phi) is 8.53. The molecule has 2 heteroatoms. The van der Waals surface area contributed by atoms with Crippen LogP contribution in [0.4, 0.5) is 17.1 Å². The van der Waals surface area contributed by atoms with Crippen molar-refractivity contribution in [3.8, 4) is 44.5 Å². The maximum absolute atomic E-state index is 6.49. The molecule has 0 atom stereocenters. The zero-order valence-electron chi connectivity index (χ0n) is 33.9. The average Bonchev–Trinajstić information content (AvgIpc) is 3.73. The smallest absolute Gasteiger partial charge is 0.136 e. The number of para-hydroxylation sites is 1. The summed E-state index contributed by atoms with van der Waals surface area (Å²) in [5.41, 5.74) is 14.2. The Balaban J connectivity index is 1.14. The van der Waals surface area contributed by atoms with E-state index in [1.807, 2.05) is 12.1 Å². The summed E-state index contributed by atoms with van der Waals surface area (Å²) in [6, 6.07) is 85.6.